The van der Waals surface area contributed by atoms with E-state index in [4.69, 9.17) is 5.26 Å². The maximum Gasteiger partial charge on any atom is 0.131 e. The highest BCUT2D eigenvalue weighted by Crippen LogP contribution is 2.29. The minimum absolute atomic E-state index is 0.0182. The number of hydrogen-bond acceptors (Lipinski definition) is 2. The highest BCUT2D eigenvalue weighted by Gasteiger charge is 2.21. The largest absolute Gasteiger partial charge is 0.312 e. The van der Waals surface area contributed by atoms with Crippen molar-refractivity contribution >= 4 is 0 Å². The smallest absolute Gasteiger partial charge is 0.131 e. The third kappa shape index (κ3) is 3.55. The van der Waals surface area contributed by atoms with Gasteiger partial charge in [0.25, 0.3) is 0 Å². The first kappa shape index (κ1) is 14.9. The lowest BCUT2D eigenvalue weighted by Crippen LogP contribution is -2.29. The van der Waals surface area contributed by atoms with E-state index in [-0.39, 0.29) is 17.7 Å². The van der Waals surface area contributed by atoms with Crippen molar-refractivity contribution < 1.29 is 8.78 Å². The van der Waals surface area contributed by atoms with Gasteiger partial charge in [0.05, 0.1) is 11.6 Å². The summed E-state index contributed by atoms with van der Waals surface area (Å²) in [5.41, 5.74) is 0.0390. The Kier molecular flexibility index (Phi) is 5.08. The summed E-state index contributed by atoms with van der Waals surface area (Å²) in [6.45, 7) is 3.21. The van der Waals surface area contributed by atoms with E-state index in [0.29, 0.717) is 11.8 Å². The van der Waals surface area contributed by atoms with Gasteiger partial charge in [0, 0.05) is 12.1 Å². The average Bonchev–Trinajstić information content (AvgIpc) is 2.43. The first-order chi connectivity index (χ1) is 9.61. The van der Waals surface area contributed by atoms with Gasteiger partial charge in [-0.25, -0.2) is 8.78 Å². The number of nitrogens with zero attached hydrogens (tertiary/aromatic N) is 1. The third-order valence-corrected chi connectivity index (χ3v) is 4.27. The Labute approximate surface area is 118 Å². The minimum Gasteiger partial charge on any atom is -0.312 e. The molecule has 1 aliphatic carbocycles. The number of rotatable bonds is 4. The number of hydrogen-bond donors (Lipinski definition) is 1. The van der Waals surface area contributed by atoms with Crippen molar-refractivity contribution in [1.82, 2.24) is 5.32 Å². The molecule has 1 aromatic carbocycles. The zero-order valence-corrected chi connectivity index (χ0v) is 11.8. The van der Waals surface area contributed by atoms with E-state index in [1.165, 1.54) is 25.7 Å². The van der Waals surface area contributed by atoms with Gasteiger partial charge in [-0.05, 0) is 36.9 Å². The summed E-state index contributed by atoms with van der Waals surface area (Å²) in [6.07, 6.45) is 4.96. The van der Waals surface area contributed by atoms with Gasteiger partial charge in [0.1, 0.15) is 11.6 Å². The topological polar surface area (TPSA) is 35.8 Å². The van der Waals surface area contributed by atoms with Gasteiger partial charge in [-0.3, -0.25) is 0 Å². The fourth-order valence-corrected chi connectivity index (χ4v) is 2.92. The minimum atomic E-state index is -0.647. The monoisotopic (exact) mass is 278 g/mol. The first-order valence-electron chi connectivity index (χ1n) is 7.20. The zero-order chi connectivity index (χ0) is 14.5. The molecule has 0 amide bonds. The van der Waals surface area contributed by atoms with Crippen molar-refractivity contribution in [2.24, 2.45) is 11.8 Å². The second-order valence-corrected chi connectivity index (χ2v) is 5.68. The Morgan fingerprint density at radius 2 is 1.90 bits per heavy atom. The molecule has 20 heavy (non-hydrogen) atoms. The summed E-state index contributed by atoms with van der Waals surface area (Å²) in [6, 6.07) is 3.92. The quantitative estimate of drug-likeness (QED) is 0.910. The molecule has 1 aliphatic rings. The van der Waals surface area contributed by atoms with Crippen LogP contribution in [0.5, 0.6) is 0 Å². The molecule has 2 atom stereocenters. The van der Waals surface area contributed by atoms with Crippen molar-refractivity contribution in [3.8, 4) is 6.07 Å². The van der Waals surface area contributed by atoms with Gasteiger partial charge in [0.2, 0.25) is 0 Å². The highest BCUT2D eigenvalue weighted by molar-refractivity contribution is 5.34. The summed E-state index contributed by atoms with van der Waals surface area (Å²) in [5.74, 6) is -0.0309. The van der Waals surface area contributed by atoms with Crippen LogP contribution in [0.2, 0.25) is 0 Å². The molecule has 0 radical (unpaired) electrons. The lowest BCUT2D eigenvalue weighted by molar-refractivity contribution is 0.247. The van der Waals surface area contributed by atoms with Gasteiger partial charge in [-0.15, -0.1) is 0 Å². The molecule has 2 unspecified atom stereocenters. The van der Waals surface area contributed by atoms with Crippen LogP contribution in [0.15, 0.2) is 12.1 Å². The molecule has 1 N–H and O–H groups in total. The van der Waals surface area contributed by atoms with Crippen LogP contribution in [0.25, 0.3) is 0 Å². The van der Waals surface area contributed by atoms with Crippen LogP contribution >= 0.6 is 0 Å². The van der Waals surface area contributed by atoms with Crippen molar-refractivity contribution in [1.29, 1.82) is 5.26 Å². The SMILES string of the molecule is CC1CCCCC1CNCc1c(F)cc(C#N)cc1F. The molecular weight excluding hydrogens is 258 g/mol. The van der Waals surface area contributed by atoms with Crippen molar-refractivity contribution in [2.75, 3.05) is 6.54 Å². The Morgan fingerprint density at radius 3 is 2.50 bits per heavy atom. The van der Waals surface area contributed by atoms with Crippen molar-refractivity contribution in [3.63, 3.8) is 0 Å². The van der Waals surface area contributed by atoms with Crippen molar-refractivity contribution in [3.05, 3.63) is 34.9 Å². The van der Waals surface area contributed by atoms with E-state index in [0.717, 1.165) is 18.7 Å². The number of halogens is 2. The van der Waals surface area contributed by atoms with Crippen LogP contribution in [0.4, 0.5) is 8.78 Å². The van der Waals surface area contributed by atoms with Crippen LogP contribution < -0.4 is 5.32 Å². The maximum atomic E-state index is 13.7. The van der Waals surface area contributed by atoms with Crippen LogP contribution in [0.1, 0.15) is 43.7 Å². The van der Waals surface area contributed by atoms with Crippen LogP contribution in [0.3, 0.4) is 0 Å². The molecule has 1 fully saturated rings. The summed E-state index contributed by atoms with van der Waals surface area (Å²) in [7, 11) is 0. The normalized spacial score (nSPS) is 22.5. The maximum absolute atomic E-state index is 13.7. The second-order valence-electron chi connectivity index (χ2n) is 5.68. The number of nitrogens with one attached hydrogen (secondary N) is 1. The van der Waals surface area contributed by atoms with E-state index in [9.17, 15) is 8.78 Å². The molecule has 0 heterocycles. The van der Waals surface area contributed by atoms with Gasteiger partial charge in [-0.2, -0.15) is 5.26 Å². The molecule has 0 aromatic heterocycles. The average molecular weight is 278 g/mol. The van der Waals surface area contributed by atoms with Crippen molar-refractivity contribution in [2.45, 2.75) is 39.2 Å². The van der Waals surface area contributed by atoms with E-state index >= 15 is 0 Å². The highest BCUT2D eigenvalue weighted by atomic mass is 19.1. The second kappa shape index (κ2) is 6.81. The predicted molar refractivity (Wildman–Crippen MR) is 73.9 cm³/mol. The molecule has 1 saturated carbocycles. The van der Waals surface area contributed by atoms with E-state index < -0.39 is 11.6 Å². The summed E-state index contributed by atoms with van der Waals surface area (Å²) < 4.78 is 27.4. The molecule has 1 aromatic rings. The summed E-state index contributed by atoms with van der Waals surface area (Å²) in [4.78, 5) is 0. The number of nitriles is 1. The Bertz CT molecular complexity index is 485. The van der Waals surface area contributed by atoms with Gasteiger partial charge >= 0.3 is 0 Å². The number of benzene rings is 1. The molecule has 2 nitrogen and oxygen atoms in total. The van der Waals surface area contributed by atoms with Gasteiger partial charge < -0.3 is 5.32 Å². The molecule has 0 bridgehead atoms. The fourth-order valence-electron chi connectivity index (χ4n) is 2.92. The first-order valence-corrected chi connectivity index (χ1v) is 7.20. The molecule has 0 spiro atoms. The Balaban J connectivity index is 1.93. The van der Waals surface area contributed by atoms with Crippen LogP contribution in [-0.4, -0.2) is 6.54 Å². The Morgan fingerprint density at radius 1 is 1.25 bits per heavy atom. The van der Waals surface area contributed by atoms with Gasteiger partial charge in [0.15, 0.2) is 0 Å². The van der Waals surface area contributed by atoms with E-state index in [1.807, 2.05) is 0 Å². The predicted octanol–water partition coefficient (Wildman–Crippen LogP) is 3.75. The summed E-state index contributed by atoms with van der Waals surface area (Å²) >= 11 is 0. The Hall–Kier alpha value is -1.47. The van der Waals surface area contributed by atoms with Gasteiger partial charge in [-0.1, -0.05) is 26.2 Å². The lowest BCUT2D eigenvalue weighted by Gasteiger charge is -2.29. The summed E-state index contributed by atoms with van der Waals surface area (Å²) in [5, 5.41) is 11.8. The van der Waals surface area contributed by atoms with Crippen LogP contribution in [0, 0.1) is 34.8 Å². The van der Waals surface area contributed by atoms with E-state index in [2.05, 4.69) is 12.2 Å². The molecule has 0 aliphatic heterocycles. The zero-order valence-electron chi connectivity index (χ0n) is 11.8. The lowest BCUT2D eigenvalue weighted by atomic mass is 9.80. The molecule has 2 rings (SSSR count). The molecule has 108 valence electrons. The fraction of sp³-hybridized carbons (Fsp3) is 0.562. The third-order valence-electron chi connectivity index (χ3n) is 4.27. The standard InChI is InChI=1S/C16H20F2N2/c1-11-4-2-3-5-13(11)9-20-10-14-15(17)6-12(8-19)7-16(14)18/h6-7,11,13,20H,2-5,9-10H2,1H3. The van der Waals surface area contributed by atoms with E-state index in [1.54, 1.807) is 6.07 Å². The van der Waals surface area contributed by atoms with Crippen LogP contribution in [-0.2, 0) is 6.54 Å². The molecule has 4 heteroatoms. The molecular formula is C16H20F2N2. The molecule has 0 saturated heterocycles.